The van der Waals surface area contributed by atoms with E-state index in [1.807, 2.05) is 0 Å². The largest absolute Gasteiger partial charge is 0.462 e. The first-order valence-electron chi connectivity index (χ1n) is 21.8. The fraction of sp³-hybridized carbons (Fsp3) is 0.633. The van der Waals surface area contributed by atoms with E-state index >= 15 is 0 Å². The van der Waals surface area contributed by atoms with Gasteiger partial charge >= 0.3 is 11.9 Å². The molecule has 0 aromatic carbocycles. The Morgan fingerprint density at radius 1 is 0.426 bits per heavy atom. The molecule has 0 aliphatic heterocycles. The molecule has 5 heteroatoms. The molecule has 0 N–H and O–H groups in total. The van der Waals surface area contributed by atoms with Crippen molar-refractivity contribution in [1.29, 1.82) is 0 Å². The number of unbranched alkanes of at least 4 members (excludes halogenated alkanes) is 11. The Balaban J connectivity index is 4.43. The quantitative estimate of drug-likeness (QED) is 0.0357. The van der Waals surface area contributed by atoms with Gasteiger partial charge in [-0.1, -0.05) is 157 Å². The van der Waals surface area contributed by atoms with E-state index in [9.17, 15) is 9.59 Å². The first kappa shape index (κ1) is 50.8. The molecule has 1 unspecified atom stereocenters. The normalized spacial score (nSPS) is 13.2. The van der Waals surface area contributed by atoms with Gasteiger partial charge in [0, 0.05) is 19.4 Å². The van der Waals surface area contributed by atoms with Crippen molar-refractivity contribution in [3.63, 3.8) is 0 Å². The van der Waals surface area contributed by atoms with Crippen LogP contribution in [-0.4, -0.2) is 37.9 Å². The van der Waals surface area contributed by atoms with Gasteiger partial charge in [0.2, 0.25) is 0 Å². The fourth-order valence-electron chi connectivity index (χ4n) is 5.39. The standard InChI is InChI=1S/C49H80O5/c1-4-7-10-13-16-19-22-24-26-29-32-35-38-41-44-52-45-47(54-49(51)43-40-37-34-31-27-21-18-15-12-9-6-3)46-53-48(50)42-39-36-33-30-28-25-23-20-17-14-11-8-5-2/h7-8,10-11,15-20,24-26,28,32,35,47H,4-6,9,12-14,21-23,27,29-31,33-34,36-46H2,1-3H3/b10-7-,11-8-,18-15-,19-16-,20-17-,26-24-,28-25-,35-32-. The monoisotopic (exact) mass is 749 g/mol. The molecule has 0 rings (SSSR count). The second kappa shape index (κ2) is 44.2. The predicted molar refractivity (Wildman–Crippen MR) is 233 cm³/mol. The van der Waals surface area contributed by atoms with Crippen LogP contribution in [0.1, 0.15) is 175 Å². The lowest BCUT2D eigenvalue weighted by Gasteiger charge is -2.18. The maximum atomic E-state index is 12.7. The molecule has 0 saturated heterocycles. The molecular weight excluding hydrogens is 669 g/mol. The van der Waals surface area contributed by atoms with Gasteiger partial charge in [-0.05, 0) is 103 Å². The smallest absolute Gasteiger partial charge is 0.306 e. The topological polar surface area (TPSA) is 61.8 Å². The lowest BCUT2D eigenvalue weighted by atomic mass is 10.1. The molecule has 54 heavy (non-hydrogen) atoms. The van der Waals surface area contributed by atoms with Crippen LogP contribution in [0, 0.1) is 0 Å². The summed E-state index contributed by atoms with van der Waals surface area (Å²) < 4.78 is 17.2. The van der Waals surface area contributed by atoms with Crippen molar-refractivity contribution in [2.75, 3.05) is 19.8 Å². The molecule has 0 aliphatic carbocycles. The van der Waals surface area contributed by atoms with E-state index in [-0.39, 0.29) is 25.2 Å². The maximum absolute atomic E-state index is 12.7. The first-order valence-corrected chi connectivity index (χ1v) is 21.8. The Kier molecular flexibility index (Phi) is 41.6. The zero-order valence-corrected chi connectivity index (χ0v) is 34.9. The highest BCUT2D eigenvalue weighted by Crippen LogP contribution is 2.11. The van der Waals surface area contributed by atoms with Gasteiger partial charge in [-0.2, -0.15) is 0 Å². The molecular formula is C49H80O5. The lowest BCUT2D eigenvalue weighted by molar-refractivity contribution is -0.163. The van der Waals surface area contributed by atoms with Crippen molar-refractivity contribution < 1.29 is 23.8 Å². The van der Waals surface area contributed by atoms with E-state index in [2.05, 4.69) is 118 Å². The Bertz CT molecular complexity index is 1070. The van der Waals surface area contributed by atoms with E-state index in [4.69, 9.17) is 14.2 Å². The summed E-state index contributed by atoms with van der Waals surface area (Å²) in [6, 6.07) is 0. The van der Waals surface area contributed by atoms with Gasteiger partial charge in [0.25, 0.3) is 0 Å². The summed E-state index contributed by atoms with van der Waals surface area (Å²) >= 11 is 0. The predicted octanol–water partition coefficient (Wildman–Crippen LogP) is 14.3. The van der Waals surface area contributed by atoms with Crippen molar-refractivity contribution in [3.8, 4) is 0 Å². The minimum atomic E-state index is -0.583. The van der Waals surface area contributed by atoms with Crippen molar-refractivity contribution in [2.45, 2.75) is 181 Å². The lowest BCUT2D eigenvalue weighted by Crippen LogP contribution is -2.30. The molecule has 0 aromatic heterocycles. The molecule has 0 spiro atoms. The fourth-order valence-corrected chi connectivity index (χ4v) is 5.39. The van der Waals surface area contributed by atoms with Crippen LogP contribution in [0.25, 0.3) is 0 Å². The molecule has 5 nitrogen and oxygen atoms in total. The SMILES string of the molecule is CC/C=C\C/C=C\C/C=C\C/C=C\CCCOCC(COC(=O)CCCCC/C=C\C/C=C\C/C=C\CC)OC(=O)CCCCCCC/C=C\CCCC. The minimum absolute atomic E-state index is 0.0394. The average molecular weight is 749 g/mol. The number of ether oxygens (including phenoxy) is 3. The van der Waals surface area contributed by atoms with Gasteiger partial charge in [0.05, 0.1) is 6.61 Å². The van der Waals surface area contributed by atoms with Crippen molar-refractivity contribution in [3.05, 3.63) is 97.2 Å². The maximum Gasteiger partial charge on any atom is 0.306 e. The third-order valence-corrected chi connectivity index (χ3v) is 8.58. The summed E-state index contributed by atoms with van der Waals surface area (Å²) in [6.45, 7) is 7.36. The molecule has 0 bridgehead atoms. The van der Waals surface area contributed by atoms with Crippen LogP contribution >= 0.6 is 0 Å². The van der Waals surface area contributed by atoms with Gasteiger partial charge in [0.1, 0.15) is 6.61 Å². The summed E-state index contributed by atoms with van der Waals surface area (Å²) in [5, 5.41) is 0. The average Bonchev–Trinajstić information content (AvgIpc) is 3.17. The molecule has 0 radical (unpaired) electrons. The highest BCUT2D eigenvalue weighted by atomic mass is 16.6. The highest BCUT2D eigenvalue weighted by molar-refractivity contribution is 5.70. The van der Waals surface area contributed by atoms with Crippen LogP contribution in [0.3, 0.4) is 0 Å². The third kappa shape index (κ3) is 41.6. The summed E-state index contributed by atoms with van der Waals surface area (Å²) in [5.41, 5.74) is 0. The molecule has 0 heterocycles. The van der Waals surface area contributed by atoms with Gasteiger partial charge in [-0.25, -0.2) is 0 Å². The molecule has 1 atom stereocenters. The zero-order valence-electron chi connectivity index (χ0n) is 34.9. The van der Waals surface area contributed by atoms with E-state index in [1.165, 1.54) is 32.1 Å². The number of esters is 2. The van der Waals surface area contributed by atoms with E-state index in [1.54, 1.807) is 0 Å². The van der Waals surface area contributed by atoms with Gasteiger partial charge in [-0.3, -0.25) is 9.59 Å². The van der Waals surface area contributed by atoms with Gasteiger partial charge in [-0.15, -0.1) is 0 Å². The Morgan fingerprint density at radius 3 is 1.37 bits per heavy atom. The molecule has 0 amide bonds. The summed E-state index contributed by atoms with van der Waals surface area (Å²) in [6.07, 6.45) is 58.4. The van der Waals surface area contributed by atoms with Crippen LogP contribution in [0.5, 0.6) is 0 Å². The van der Waals surface area contributed by atoms with Crippen LogP contribution in [0.2, 0.25) is 0 Å². The third-order valence-electron chi connectivity index (χ3n) is 8.58. The second-order valence-electron chi connectivity index (χ2n) is 13.8. The van der Waals surface area contributed by atoms with Crippen LogP contribution in [-0.2, 0) is 23.8 Å². The number of carbonyl (C=O) groups is 2. The molecule has 306 valence electrons. The van der Waals surface area contributed by atoms with Gasteiger partial charge < -0.3 is 14.2 Å². The van der Waals surface area contributed by atoms with Crippen molar-refractivity contribution in [1.82, 2.24) is 0 Å². The van der Waals surface area contributed by atoms with E-state index < -0.39 is 6.10 Å². The van der Waals surface area contributed by atoms with Crippen LogP contribution < -0.4 is 0 Å². The molecule has 0 aromatic rings. The highest BCUT2D eigenvalue weighted by Gasteiger charge is 2.17. The minimum Gasteiger partial charge on any atom is -0.462 e. The Hall–Kier alpha value is -3.18. The summed E-state index contributed by atoms with van der Waals surface area (Å²) in [7, 11) is 0. The Morgan fingerprint density at radius 2 is 0.833 bits per heavy atom. The number of hydrogen-bond acceptors (Lipinski definition) is 5. The van der Waals surface area contributed by atoms with Crippen molar-refractivity contribution >= 4 is 11.9 Å². The molecule has 0 fully saturated rings. The Labute approximate surface area is 332 Å². The molecule has 0 saturated carbocycles. The zero-order chi connectivity index (χ0) is 39.3. The summed E-state index contributed by atoms with van der Waals surface area (Å²) in [5.74, 6) is -0.483. The second-order valence-corrected chi connectivity index (χ2v) is 13.8. The molecule has 0 aliphatic rings. The number of rotatable bonds is 38. The number of hydrogen-bond donors (Lipinski definition) is 0. The first-order chi connectivity index (χ1) is 26.6. The summed E-state index contributed by atoms with van der Waals surface area (Å²) in [4.78, 5) is 25.2. The van der Waals surface area contributed by atoms with Crippen LogP contribution in [0.15, 0.2) is 97.2 Å². The number of carbonyl (C=O) groups excluding carboxylic acids is 2. The van der Waals surface area contributed by atoms with E-state index in [0.29, 0.717) is 19.4 Å². The van der Waals surface area contributed by atoms with Crippen LogP contribution in [0.4, 0.5) is 0 Å². The number of allylic oxidation sites excluding steroid dienone is 16. The van der Waals surface area contributed by atoms with Gasteiger partial charge in [0.15, 0.2) is 6.10 Å². The van der Waals surface area contributed by atoms with Crippen molar-refractivity contribution in [2.24, 2.45) is 0 Å². The van der Waals surface area contributed by atoms with E-state index in [0.717, 1.165) is 109 Å².